The van der Waals surface area contributed by atoms with Crippen molar-refractivity contribution in [2.75, 3.05) is 31.9 Å². The number of anilines is 1. The summed E-state index contributed by atoms with van der Waals surface area (Å²) in [6.45, 7) is 7.23. The Morgan fingerprint density at radius 2 is 1.86 bits per heavy atom. The van der Waals surface area contributed by atoms with E-state index in [1.54, 1.807) is 11.8 Å². The van der Waals surface area contributed by atoms with Crippen molar-refractivity contribution in [2.24, 2.45) is 7.05 Å². The highest BCUT2D eigenvalue weighted by atomic mass is 16.7. The molecule has 0 spiro atoms. The maximum absolute atomic E-state index is 11.6. The molecule has 188 valence electrons. The van der Waals surface area contributed by atoms with Crippen molar-refractivity contribution in [3.8, 4) is 17.1 Å². The van der Waals surface area contributed by atoms with Gasteiger partial charge in [0.05, 0.1) is 28.7 Å². The molecule has 0 radical (unpaired) electrons. The van der Waals surface area contributed by atoms with E-state index in [-0.39, 0.29) is 18.9 Å². The zero-order valence-electron chi connectivity index (χ0n) is 21.1. The Bertz CT molecular complexity index is 1440. The molecule has 0 unspecified atom stereocenters. The van der Waals surface area contributed by atoms with Crippen LogP contribution < -0.4 is 9.64 Å². The lowest BCUT2D eigenvalue weighted by Gasteiger charge is -2.44. The maximum Gasteiger partial charge on any atom is 0.407 e. The standard InChI is InChI=1S/C26H30N6O4/c1-15-11-31(12-16(2)32(15)26(33)34)19-6-7-22-20(9-19)17(3)27-25(28-22)21-8-18-13-30(4)29-23(18)10-24(21)36-14-35-5/h6-10,13,15-16H,11-12,14H2,1-5H3,(H,33,34)/t15-,16+. The van der Waals surface area contributed by atoms with Crippen LogP contribution in [-0.4, -0.2) is 74.9 Å². The van der Waals surface area contributed by atoms with E-state index < -0.39 is 6.09 Å². The number of rotatable bonds is 5. The Kier molecular flexibility index (Phi) is 6.13. The van der Waals surface area contributed by atoms with E-state index >= 15 is 0 Å². The molecule has 1 aliphatic rings. The molecule has 3 heterocycles. The van der Waals surface area contributed by atoms with E-state index in [1.165, 1.54) is 4.90 Å². The van der Waals surface area contributed by atoms with Gasteiger partial charge in [0, 0.05) is 61.7 Å². The number of aryl methyl sites for hydroxylation is 2. The lowest BCUT2D eigenvalue weighted by atomic mass is 10.1. The number of hydrogen-bond donors (Lipinski definition) is 1. The average Bonchev–Trinajstić information content (AvgIpc) is 3.20. The van der Waals surface area contributed by atoms with Crippen LogP contribution in [0, 0.1) is 6.92 Å². The molecule has 1 fully saturated rings. The number of hydrogen-bond acceptors (Lipinski definition) is 7. The molecule has 5 rings (SSSR count). The third-order valence-corrected chi connectivity index (χ3v) is 6.67. The molecular weight excluding hydrogens is 460 g/mol. The van der Waals surface area contributed by atoms with E-state index in [2.05, 4.69) is 16.1 Å². The molecule has 1 aliphatic heterocycles. The summed E-state index contributed by atoms with van der Waals surface area (Å²) < 4.78 is 12.7. The van der Waals surface area contributed by atoms with E-state index in [9.17, 15) is 9.90 Å². The summed E-state index contributed by atoms with van der Waals surface area (Å²) in [4.78, 5) is 25.1. The highest BCUT2D eigenvalue weighted by molar-refractivity contribution is 5.90. The molecular formula is C26H30N6O4. The smallest absolute Gasteiger partial charge is 0.407 e. The number of carbonyl (C=O) groups is 1. The Labute approximate surface area is 209 Å². The number of aromatic nitrogens is 4. The van der Waals surface area contributed by atoms with Crippen molar-refractivity contribution in [2.45, 2.75) is 32.9 Å². The van der Waals surface area contributed by atoms with Gasteiger partial charge in [-0.2, -0.15) is 5.10 Å². The molecule has 10 nitrogen and oxygen atoms in total. The molecule has 2 aromatic carbocycles. The van der Waals surface area contributed by atoms with Crippen LogP contribution >= 0.6 is 0 Å². The molecule has 0 aliphatic carbocycles. The second-order valence-electron chi connectivity index (χ2n) is 9.39. The Hall–Kier alpha value is -3.92. The van der Waals surface area contributed by atoms with Gasteiger partial charge in [0.1, 0.15) is 5.75 Å². The van der Waals surface area contributed by atoms with Gasteiger partial charge in [-0.25, -0.2) is 14.8 Å². The minimum Gasteiger partial charge on any atom is -0.467 e. The first kappa shape index (κ1) is 23.8. The quantitative estimate of drug-likeness (QED) is 0.418. The Morgan fingerprint density at radius 1 is 1.11 bits per heavy atom. The minimum atomic E-state index is -0.872. The zero-order chi connectivity index (χ0) is 25.6. The van der Waals surface area contributed by atoms with Crippen molar-refractivity contribution in [1.29, 1.82) is 0 Å². The lowest BCUT2D eigenvalue weighted by Crippen LogP contribution is -2.58. The maximum atomic E-state index is 11.6. The van der Waals surface area contributed by atoms with Gasteiger partial charge in [-0.05, 0) is 45.0 Å². The molecule has 1 amide bonds. The van der Waals surface area contributed by atoms with Crippen LogP contribution in [0.25, 0.3) is 33.2 Å². The summed E-state index contributed by atoms with van der Waals surface area (Å²) in [5.41, 5.74) is 4.31. The van der Waals surface area contributed by atoms with Crippen LogP contribution in [0.5, 0.6) is 5.75 Å². The van der Waals surface area contributed by atoms with Gasteiger partial charge in [-0.3, -0.25) is 9.58 Å². The SMILES string of the molecule is COCOc1cc2nn(C)cc2cc1-c1nc(C)c2cc(N3C[C@@H](C)N(C(=O)O)[C@@H](C)C3)ccc2n1. The number of fused-ring (bicyclic) bond motifs is 2. The van der Waals surface area contributed by atoms with Crippen molar-refractivity contribution in [3.05, 3.63) is 42.2 Å². The molecule has 0 bridgehead atoms. The molecule has 4 aromatic rings. The van der Waals surface area contributed by atoms with Crippen molar-refractivity contribution in [1.82, 2.24) is 24.6 Å². The van der Waals surface area contributed by atoms with Crippen LogP contribution in [0.1, 0.15) is 19.5 Å². The summed E-state index contributed by atoms with van der Waals surface area (Å²) in [7, 11) is 3.46. The zero-order valence-corrected chi connectivity index (χ0v) is 21.1. The Balaban J connectivity index is 1.52. The highest BCUT2D eigenvalue weighted by Crippen LogP contribution is 2.34. The summed E-state index contributed by atoms with van der Waals surface area (Å²) in [5, 5.41) is 15.9. The van der Waals surface area contributed by atoms with Crippen LogP contribution in [0.4, 0.5) is 10.5 Å². The fraction of sp³-hybridized carbons (Fsp3) is 0.385. The second-order valence-corrected chi connectivity index (χ2v) is 9.39. The van der Waals surface area contributed by atoms with Crippen molar-refractivity contribution >= 4 is 33.6 Å². The van der Waals surface area contributed by atoms with Crippen LogP contribution in [0.3, 0.4) is 0 Å². The summed E-state index contributed by atoms with van der Waals surface area (Å²) >= 11 is 0. The summed E-state index contributed by atoms with van der Waals surface area (Å²) in [6, 6.07) is 9.81. The summed E-state index contributed by atoms with van der Waals surface area (Å²) in [5.74, 6) is 1.18. The third-order valence-electron chi connectivity index (χ3n) is 6.67. The largest absolute Gasteiger partial charge is 0.467 e. The lowest BCUT2D eigenvalue weighted by molar-refractivity contribution is 0.0516. The first-order chi connectivity index (χ1) is 17.2. The van der Waals surface area contributed by atoms with Gasteiger partial charge in [0.2, 0.25) is 0 Å². The number of methoxy groups -OCH3 is 1. The van der Waals surface area contributed by atoms with Gasteiger partial charge in [-0.15, -0.1) is 0 Å². The highest BCUT2D eigenvalue weighted by Gasteiger charge is 2.33. The van der Waals surface area contributed by atoms with Crippen LogP contribution in [0.2, 0.25) is 0 Å². The Morgan fingerprint density at radius 3 is 2.56 bits per heavy atom. The molecule has 2 aromatic heterocycles. The van der Waals surface area contributed by atoms with E-state index in [0.717, 1.165) is 38.8 Å². The van der Waals surface area contributed by atoms with Crippen molar-refractivity contribution < 1.29 is 19.4 Å². The number of ether oxygens (including phenoxy) is 2. The first-order valence-electron chi connectivity index (χ1n) is 11.9. The molecule has 1 saturated heterocycles. The normalized spacial score (nSPS) is 18.2. The minimum absolute atomic E-state index is 0.102. The molecule has 0 saturated carbocycles. The number of amides is 1. The van der Waals surface area contributed by atoms with Gasteiger partial charge in [0.25, 0.3) is 0 Å². The fourth-order valence-electron chi connectivity index (χ4n) is 5.09. The van der Waals surface area contributed by atoms with Gasteiger partial charge in [0.15, 0.2) is 12.6 Å². The first-order valence-corrected chi connectivity index (χ1v) is 11.9. The topological polar surface area (TPSA) is 106 Å². The summed E-state index contributed by atoms with van der Waals surface area (Å²) in [6.07, 6.45) is 1.08. The van der Waals surface area contributed by atoms with E-state index in [1.807, 2.05) is 58.3 Å². The molecule has 1 N–H and O–H groups in total. The van der Waals surface area contributed by atoms with Gasteiger partial charge < -0.3 is 19.5 Å². The predicted molar refractivity (Wildman–Crippen MR) is 137 cm³/mol. The van der Waals surface area contributed by atoms with Crippen LogP contribution in [0.15, 0.2) is 36.5 Å². The van der Waals surface area contributed by atoms with Gasteiger partial charge >= 0.3 is 6.09 Å². The monoisotopic (exact) mass is 490 g/mol. The third kappa shape index (κ3) is 4.28. The second kappa shape index (κ2) is 9.27. The number of piperazine rings is 1. The van der Waals surface area contributed by atoms with E-state index in [0.29, 0.717) is 24.7 Å². The van der Waals surface area contributed by atoms with Crippen molar-refractivity contribution in [3.63, 3.8) is 0 Å². The number of nitrogens with zero attached hydrogens (tertiary/aromatic N) is 6. The van der Waals surface area contributed by atoms with Crippen LogP contribution in [-0.2, 0) is 11.8 Å². The van der Waals surface area contributed by atoms with Gasteiger partial charge in [-0.1, -0.05) is 0 Å². The fourth-order valence-corrected chi connectivity index (χ4v) is 5.09. The van der Waals surface area contributed by atoms with E-state index in [4.69, 9.17) is 19.4 Å². The molecule has 2 atom stereocenters. The average molecular weight is 491 g/mol. The number of carboxylic acid groups (broad SMARTS) is 1. The molecule has 10 heteroatoms. The number of benzene rings is 2. The predicted octanol–water partition coefficient (Wildman–Crippen LogP) is 4.05. The molecule has 36 heavy (non-hydrogen) atoms.